The van der Waals surface area contributed by atoms with Gasteiger partial charge in [0.1, 0.15) is 11.9 Å². The highest BCUT2D eigenvalue weighted by molar-refractivity contribution is 6.37. The van der Waals surface area contributed by atoms with Crippen molar-refractivity contribution in [1.82, 2.24) is 4.90 Å². The number of hydrogen-bond acceptors (Lipinski definition) is 4. The molecule has 0 aliphatic carbocycles. The Labute approximate surface area is 220 Å². The molecule has 3 aliphatic rings. The fraction of sp³-hybridized carbons (Fsp3) is 0.148. The van der Waals surface area contributed by atoms with E-state index in [9.17, 15) is 18.8 Å². The Morgan fingerprint density at radius 3 is 2.36 bits per heavy atom. The smallest absolute Gasteiger partial charge is 0.240 e. The molecule has 0 radical (unpaired) electrons. The van der Waals surface area contributed by atoms with Crippen LogP contribution in [0.25, 0.3) is 6.08 Å². The van der Waals surface area contributed by atoms with Crippen LogP contribution in [0.3, 0.4) is 0 Å². The summed E-state index contributed by atoms with van der Waals surface area (Å²) in [4.78, 5) is 44.4. The Hall–Kier alpha value is -3.19. The van der Waals surface area contributed by atoms with E-state index in [0.717, 1.165) is 22.1 Å². The second kappa shape index (κ2) is 8.44. The van der Waals surface area contributed by atoms with E-state index < -0.39 is 47.3 Å². The van der Waals surface area contributed by atoms with E-state index in [4.69, 9.17) is 34.8 Å². The molecule has 0 bridgehead atoms. The molecule has 3 aromatic carbocycles. The van der Waals surface area contributed by atoms with Crippen LogP contribution in [0.4, 0.5) is 10.1 Å². The third kappa shape index (κ3) is 3.32. The molecule has 0 unspecified atom stereocenters. The maximum atomic E-state index is 13.9. The minimum absolute atomic E-state index is 0.160. The van der Waals surface area contributed by atoms with Crippen LogP contribution < -0.4 is 4.90 Å². The van der Waals surface area contributed by atoms with Crippen molar-refractivity contribution in [3.8, 4) is 0 Å². The predicted octanol–water partition coefficient (Wildman–Crippen LogP) is 6.18. The third-order valence-corrected chi connectivity index (χ3v) is 7.93. The summed E-state index contributed by atoms with van der Waals surface area (Å²) < 4.78 is 13.8. The lowest BCUT2D eigenvalue weighted by Crippen LogP contribution is -2.44. The topological polar surface area (TPSA) is 57.7 Å². The molecular formula is C27H16Cl3FN2O3. The number of hydrogen-bond donors (Lipinski definition) is 0. The Morgan fingerprint density at radius 2 is 1.61 bits per heavy atom. The van der Waals surface area contributed by atoms with Crippen molar-refractivity contribution in [1.29, 1.82) is 0 Å². The maximum absolute atomic E-state index is 13.9. The van der Waals surface area contributed by atoms with Crippen molar-refractivity contribution >= 4 is 64.2 Å². The molecule has 2 saturated heterocycles. The molecule has 36 heavy (non-hydrogen) atoms. The van der Waals surface area contributed by atoms with Gasteiger partial charge in [0, 0.05) is 16.8 Å². The number of carbonyl (C=O) groups is 3. The van der Waals surface area contributed by atoms with Crippen LogP contribution in [0.1, 0.15) is 27.5 Å². The van der Waals surface area contributed by atoms with Crippen LogP contribution in [-0.2, 0) is 9.59 Å². The largest absolute Gasteiger partial charge is 0.358 e. The van der Waals surface area contributed by atoms with Gasteiger partial charge in [-0.05, 0) is 53.6 Å². The summed E-state index contributed by atoms with van der Waals surface area (Å²) in [6.45, 7) is 0. The zero-order chi connectivity index (χ0) is 25.3. The average Bonchev–Trinajstić information content (AvgIpc) is 3.33. The number of imide groups is 1. The molecule has 3 heterocycles. The van der Waals surface area contributed by atoms with Gasteiger partial charge in [-0.3, -0.25) is 14.4 Å². The summed E-state index contributed by atoms with van der Waals surface area (Å²) in [5, 5.41) is 0.322. The minimum atomic E-state index is -0.986. The standard InChI is InChI=1S/C27H16Cl3FN2O3/c28-14-5-7-17(18(29)11-14)25(34)24-22-21(23-16-4-2-1-3-13(16)9-10-32(23)24)26(35)33(27(22)36)15-6-8-20(31)19(30)12-15/h1-12,21-24H/t21-,22+,23+,24-/m0/s1. The molecule has 2 fully saturated rings. The van der Waals surface area contributed by atoms with Gasteiger partial charge in [-0.1, -0.05) is 59.1 Å². The number of halogens is 4. The number of rotatable bonds is 3. The van der Waals surface area contributed by atoms with Gasteiger partial charge >= 0.3 is 0 Å². The monoisotopic (exact) mass is 540 g/mol. The number of amides is 2. The summed E-state index contributed by atoms with van der Waals surface area (Å²) >= 11 is 18.4. The van der Waals surface area contributed by atoms with Gasteiger partial charge in [0.2, 0.25) is 11.8 Å². The fourth-order valence-corrected chi connectivity index (χ4v) is 6.26. The van der Waals surface area contributed by atoms with E-state index in [2.05, 4.69) is 0 Å². The first kappa shape index (κ1) is 23.2. The predicted molar refractivity (Wildman–Crippen MR) is 136 cm³/mol. The van der Waals surface area contributed by atoms with Gasteiger partial charge in [0.15, 0.2) is 5.78 Å². The summed E-state index contributed by atoms with van der Waals surface area (Å²) in [5.74, 6) is -3.89. The van der Waals surface area contributed by atoms with Gasteiger partial charge in [-0.2, -0.15) is 0 Å². The molecule has 2 amide bonds. The Balaban J connectivity index is 1.51. The Morgan fingerprint density at radius 1 is 0.861 bits per heavy atom. The number of fused-ring (bicyclic) bond motifs is 5. The highest BCUT2D eigenvalue weighted by Gasteiger charge is 2.64. The van der Waals surface area contributed by atoms with Crippen molar-refractivity contribution in [2.24, 2.45) is 11.8 Å². The van der Waals surface area contributed by atoms with Crippen molar-refractivity contribution < 1.29 is 18.8 Å². The number of carbonyl (C=O) groups excluding carboxylic acids is 3. The zero-order valence-corrected chi connectivity index (χ0v) is 20.6. The molecule has 0 spiro atoms. The lowest BCUT2D eigenvalue weighted by Gasteiger charge is -2.35. The normalized spacial score (nSPS) is 24.1. The SMILES string of the molecule is O=C(c1ccc(Cl)cc1Cl)[C@@H]1[C@@H]2C(=O)N(c3ccc(F)c(Cl)c3)C(=O)[C@@H]2[C@H]2c3ccccc3C=CN12. The summed E-state index contributed by atoms with van der Waals surface area (Å²) in [6, 6.07) is 14.2. The van der Waals surface area contributed by atoms with Crippen molar-refractivity contribution in [2.45, 2.75) is 12.1 Å². The number of anilines is 1. The fourth-order valence-electron chi connectivity index (χ4n) is 5.58. The van der Waals surface area contributed by atoms with Gasteiger partial charge in [-0.15, -0.1) is 0 Å². The number of nitrogens with zero attached hydrogens (tertiary/aromatic N) is 2. The van der Waals surface area contributed by atoms with Crippen molar-refractivity contribution in [3.63, 3.8) is 0 Å². The van der Waals surface area contributed by atoms with Crippen molar-refractivity contribution in [3.05, 3.63) is 104 Å². The quantitative estimate of drug-likeness (QED) is 0.293. The molecule has 0 saturated carbocycles. The van der Waals surface area contributed by atoms with Gasteiger partial charge in [0.05, 0.1) is 33.6 Å². The maximum Gasteiger partial charge on any atom is 0.240 e. The highest BCUT2D eigenvalue weighted by atomic mass is 35.5. The first-order valence-electron chi connectivity index (χ1n) is 11.1. The van der Waals surface area contributed by atoms with Crippen LogP contribution in [-0.4, -0.2) is 28.5 Å². The van der Waals surface area contributed by atoms with E-state index in [1.54, 1.807) is 17.2 Å². The van der Waals surface area contributed by atoms with Gasteiger partial charge in [-0.25, -0.2) is 9.29 Å². The number of Topliss-reactive ketones (excluding diaryl/α,β-unsaturated/α-hetero) is 1. The van der Waals surface area contributed by atoms with Crippen molar-refractivity contribution in [2.75, 3.05) is 4.90 Å². The number of ketones is 1. The lowest BCUT2D eigenvalue weighted by atomic mass is 9.83. The summed E-state index contributed by atoms with van der Waals surface area (Å²) in [6.07, 6.45) is 3.63. The van der Waals surface area contributed by atoms with Crippen LogP contribution in [0.2, 0.25) is 15.1 Å². The molecule has 0 N–H and O–H groups in total. The first-order chi connectivity index (χ1) is 17.3. The van der Waals surface area contributed by atoms with Crippen LogP contribution in [0.15, 0.2) is 66.9 Å². The molecule has 180 valence electrons. The highest BCUT2D eigenvalue weighted by Crippen LogP contribution is 2.54. The molecule has 6 rings (SSSR count). The molecule has 3 aromatic rings. The molecule has 3 aliphatic heterocycles. The Bertz CT molecular complexity index is 1510. The second-order valence-corrected chi connectivity index (χ2v) is 10.2. The van der Waals surface area contributed by atoms with Gasteiger partial charge < -0.3 is 4.90 Å². The van der Waals surface area contributed by atoms with E-state index in [1.165, 1.54) is 24.3 Å². The van der Waals surface area contributed by atoms with E-state index in [1.807, 2.05) is 30.3 Å². The van der Waals surface area contributed by atoms with E-state index in [-0.39, 0.29) is 21.3 Å². The summed E-state index contributed by atoms with van der Waals surface area (Å²) in [7, 11) is 0. The van der Waals surface area contributed by atoms with Gasteiger partial charge in [0.25, 0.3) is 0 Å². The zero-order valence-electron chi connectivity index (χ0n) is 18.4. The third-order valence-electron chi connectivity index (χ3n) is 7.09. The minimum Gasteiger partial charge on any atom is -0.358 e. The first-order valence-corrected chi connectivity index (χ1v) is 12.3. The molecular weight excluding hydrogens is 526 g/mol. The van der Waals surface area contributed by atoms with Crippen LogP contribution in [0.5, 0.6) is 0 Å². The van der Waals surface area contributed by atoms with Crippen LogP contribution in [0, 0.1) is 17.7 Å². The second-order valence-electron chi connectivity index (χ2n) is 8.93. The average molecular weight is 542 g/mol. The number of benzene rings is 3. The molecule has 5 nitrogen and oxygen atoms in total. The van der Waals surface area contributed by atoms with Crippen LogP contribution >= 0.6 is 34.8 Å². The van der Waals surface area contributed by atoms with E-state index in [0.29, 0.717) is 5.02 Å². The lowest BCUT2D eigenvalue weighted by molar-refractivity contribution is -0.123. The molecule has 4 atom stereocenters. The molecule has 0 aromatic heterocycles. The summed E-state index contributed by atoms with van der Waals surface area (Å²) in [5.41, 5.74) is 2.11. The molecule has 9 heteroatoms. The van der Waals surface area contributed by atoms with E-state index >= 15 is 0 Å². The Kier molecular flexibility index (Phi) is 5.45.